The molecule has 9 heteroatoms. The fraction of sp³-hybridized carbons (Fsp3) is 0.125. The highest BCUT2D eigenvalue weighted by Gasteiger charge is 2.16. The first-order valence-corrected chi connectivity index (χ1v) is 11.8. The Labute approximate surface area is 205 Å². The molecule has 0 saturated heterocycles. The maximum Gasteiger partial charge on any atom is 0.234 e. The second-order valence-electron chi connectivity index (χ2n) is 7.11. The number of thioether (sulfide) groups is 1. The molecule has 1 heterocycles. The molecule has 0 aliphatic heterocycles. The molecule has 0 radical (unpaired) electrons. The molecule has 0 bridgehead atoms. The summed E-state index contributed by atoms with van der Waals surface area (Å²) in [6.45, 7) is 2.12. The van der Waals surface area contributed by atoms with Crippen molar-refractivity contribution < 1.29 is 9.53 Å². The molecule has 0 unspecified atom stereocenters. The zero-order chi connectivity index (χ0) is 23.2. The van der Waals surface area contributed by atoms with Crippen molar-refractivity contribution in [2.75, 3.05) is 11.1 Å². The summed E-state index contributed by atoms with van der Waals surface area (Å²) in [5.41, 5.74) is 2.48. The first kappa shape index (κ1) is 23.2. The number of ether oxygens (including phenoxy) is 1. The summed E-state index contributed by atoms with van der Waals surface area (Å²) >= 11 is 13.4. The van der Waals surface area contributed by atoms with Gasteiger partial charge in [-0.3, -0.25) is 9.36 Å². The zero-order valence-corrected chi connectivity index (χ0v) is 20.0. The molecular formula is C24H20Cl2N4O2S. The van der Waals surface area contributed by atoms with Gasteiger partial charge in [0.2, 0.25) is 5.91 Å². The summed E-state index contributed by atoms with van der Waals surface area (Å²) in [4.78, 5) is 12.5. The zero-order valence-electron chi connectivity index (χ0n) is 17.7. The van der Waals surface area contributed by atoms with Gasteiger partial charge in [0.15, 0.2) is 11.0 Å². The fourth-order valence-electron chi connectivity index (χ4n) is 3.00. The summed E-state index contributed by atoms with van der Waals surface area (Å²) in [6.07, 6.45) is 0. The maximum atomic E-state index is 12.5. The van der Waals surface area contributed by atoms with Crippen LogP contribution in [0.2, 0.25) is 10.0 Å². The molecule has 33 heavy (non-hydrogen) atoms. The van der Waals surface area contributed by atoms with Gasteiger partial charge in [-0.2, -0.15) is 0 Å². The van der Waals surface area contributed by atoms with Crippen molar-refractivity contribution in [2.45, 2.75) is 18.7 Å². The van der Waals surface area contributed by atoms with E-state index < -0.39 is 0 Å². The molecule has 3 aromatic carbocycles. The van der Waals surface area contributed by atoms with Gasteiger partial charge >= 0.3 is 0 Å². The number of aromatic nitrogens is 3. The highest BCUT2D eigenvalue weighted by Crippen LogP contribution is 2.25. The third-order valence-electron chi connectivity index (χ3n) is 4.68. The van der Waals surface area contributed by atoms with Crippen LogP contribution in [0.4, 0.5) is 5.69 Å². The number of anilines is 1. The van der Waals surface area contributed by atoms with E-state index in [4.69, 9.17) is 27.9 Å². The number of rotatable bonds is 8. The number of hydrogen-bond donors (Lipinski definition) is 1. The van der Waals surface area contributed by atoms with Crippen LogP contribution in [0, 0.1) is 6.92 Å². The van der Waals surface area contributed by atoms with Gasteiger partial charge in [0.25, 0.3) is 0 Å². The van der Waals surface area contributed by atoms with Gasteiger partial charge in [-0.15, -0.1) is 10.2 Å². The van der Waals surface area contributed by atoms with Crippen molar-refractivity contribution in [2.24, 2.45) is 0 Å². The second kappa shape index (κ2) is 10.7. The molecule has 0 aliphatic carbocycles. The first-order chi connectivity index (χ1) is 16.0. The topological polar surface area (TPSA) is 69.0 Å². The summed E-state index contributed by atoms with van der Waals surface area (Å²) in [7, 11) is 0. The molecule has 0 atom stereocenters. The molecule has 1 aromatic heterocycles. The number of hydrogen-bond acceptors (Lipinski definition) is 5. The summed E-state index contributed by atoms with van der Waals surface area (Å²) in [5.74, 6) is 1.28. The quantitative estimate of drug-likeness (QED) is 0.293. The van der Waals surface area contributed by atoms with Gasteiger partial charge in [-0.25, -0.2) is 0 Å². The van der Waals surface area contributed by atoms with E-state index in [2.05, 4.69) is 15.5 Å². The van der Waals surface area contributed by atoms with E-state index in [1.807, 2.05) is 54.0 Å². The number of nitrogens with one attached hydrogen (secondary N) is 1. The summed E-state index contributed by atoms with van der Waals surface area (Å²) < 4.78 is 7.75. The molecule has 1 amide bonds. The number of amides is 1. The largest absolute Gasteiger partial charge is 0.486 e. The van der Waals surface area contributed by atoms with E-state index in [0.29, 0.717) is 32.5 Å². The number of halogens is 2. The number of nitrogens with zero attached hydrogens (tertiary/aromatic N) is 3. The fourth-order valence-corrected chi connectivity index (χ4v) is 4.08. The van der Waals surface area contributed by atoms with Crippen molar-refractivity contribution in [3.05, 3.63) is 94.2 Å². The third kappa shape index (κ3) is 6.07. The number of aryl methyl sites for hydroxylation is 1. The lowest BCUT2D eigenvalue weighted by atomic mass is 10.2. The third-order valence-corrected chi connectivity index (χ3v) is 6.27. The minimum absolute atomic E-state index is 0.161. The average Bonchev–Trinajstić information content (AvgIpc) is 3.23. The highest BCUT2D eigenvalue weighted by atomic mass is 35.5. The Morgan fingerprint density at radius 2 is 1.79 bits per heavy atom. The Morgan fingerprint density at radius 1 is 1.03 bits per heavy atom. The Hall–Kier alpha value is -3.00. The van der Waals surface area contributed by atoms with Crippen LogP contribution in [0.3, 0.4) is 0 Å². The van der Waals surface area contributed by atoms with Gasteiger partial charge in [-0.1, -0.05) is 59.2 Å². The molecule has 0 spiro atoms. The standard InChI is InChI=1S/C24H20Cl2N4O2S/c1-16-7-10-18(13-21(16)26)27-23(31)15-33-24-29-28-22(30(24)19-5-3-2-4-6-19)14-32-20-11-8-17(25)9-12-20/h2-13H,14-15H2,1H3,(H,27,31). The first-order valence-electron chi connectivity index (χ1n) is 10.1. The van der Waals surface area contributed by atoms with Crippen LogP contribution < -0.4 is 10.1 Å². The summed E-state index contributed by atoms with van der Waals surface area (Å²) in [6, 6.07) is 22.2. The molecule has 4 rings (SSSR count). The van der Waals surface area contributed by atoms with Crippen molar-refractivity contribution in [1.82, 2.24) is 14.8 Å². The minimum Gasteiger partial charge on any atom is -0.486 e. The smallest absolute Gasteiger partial charge is 0.234 e. The van der Waals surface area contributed by atoms with Gasteiger partial charge < -0.3 is 10.1 Å². The normalized spacial score (nSPS) is 10.8. The molecule has 4 aromatic rings. The van der Waals surface area contributed by atoms with Crippen LogP contribution in [-0.2, 0) is 11.4 Å². The number of carbonyl (C=O) groups is 1. The van der Waals surface area contributed by atoms with E-state index >= 15 is 0 Å². The Bertz CT molecular complexity index is 1250. The Morgan fingerprint density at radius 3 is 2.52 bits per heavy atom. The van der Waals surface area contributed by atoms with E-state index in [1.54, 1.807) is 30.3 Å². The molecule has 1 N–H and O–H groups in total. The van der Waals surface area contributed by atoms with Crippen LogP contribution in [-0.4, -0.2) is 26.4 Å². The molecule has 0 fully saturated rings. The van der Waals surface area contributed by atoms with Gasteiger partial charge in [-0.05, 0) is 61.0 Å². The van der Waals surface area contributed by atoms with Crippen LogP contribution in [0.25, 0.3) is 5.69 Å². The van der Waals surface area contributed by atoms with E-state index in [1.165, 1.54) is 11.8 Å². The minimum atomic E-state index is -0.165. The van der Waals surface area contributed by atoms with E-state index in [-0.39, 0.29) is 18.3 Å². The number of carbonyl (C=O) groups excluding carboxylic acids is 1. The molecule has 168 valence electrons. The van der Waals surface area contributed by atoms with Crippen LogP contribution in [0.5, 0.6) is 5.75 Å². The maximum absolute atomic E-state index is 12.5. The predicted octanol–water partition coefficient (Wildman–Crippen LogP) is 6.19. The lowest BCUT2D eigenvalue weighted by molar-refractivity contribution is -0.113. The number of benzene rings is 3. The Balaban J connectivity index is 1.48. The molecular weight excluding hydrogens is 479 g/mol. The number of para-hydroxylation sites is 1. The van der Waals surface area contributed by atoms with Gasteiger partial charge in [0, 0.05) is 21.4 Å². The lowest BCUT2D eigenvalue weighted by Gasteiger charge is -2.11. The van der Waals surface area contributed by atoms with Crippen molar-refractivity contribution in [3.8, 4) is 11.4 Å². The van der Waals surface area contributed by atoms with Crippen LogP contribution in [0.15, 0.2) is 78.0 Å². The molecule has 0 aliphatic rings. The predicted molar refractivity (Wildman–Crippen MR) is 133 cm³/mol. The van der Waals surface area contributed by atoms with Crippen molar-refractivity contribution in [1.29, 1.82) is 0 Å². The second-order valence-corrected chi connectivity index (χ2v) is 8.90. The Kier molecular flexibility index (Phi) is 7.54. The average molecular weight is 499 g/mol. The highest BCUT2D eigenvalue weighted by molar-refractivity contribution is 7.99. The van der Waals surface area contributed by atoms with E-state index in [9.17, 15) is 4.79 Å². The SMILES string of the molecule is Cc1ccc(NC(=O)CSc2nnc(COc3ccc(Cl)cc3)n2-c2ccccc2)cc1Cl. The van der Waals surface area contributed by atoms with Gasteiger partial charge in [0.05, 0.1) is 5.75 Å². The molecule has 6 nitrogen and oxygen atoms in total. The van der Waals surface area contributed by atoms with Crippen molar-refractivity contribution >= 4 is 46.6 Å². The monoisotopic (exact) mass is 498 g/mol. The summed E-state index contributed by atoms with van der Waals surface area (Å²) in [5, 5.41) is 13.3. The van der Waals surface area contributed by atoms with Crippen molar-refractivity contribution in [3.63, 3.8) is 0 Å². The van der Waals surface area contributed by atoms with Crippen LogP contribution >= 0.6 is 35.0 Å². The van der Waals surface area contributed by atoms with Gasteiger partial charge in [0.1, 0.15) is 12.4 Å². The molecule has 0 saturated carbocycles. The lowest BCUT2D eigenvalue weighted by Crippen LogP contribution is -2.15. The van der Waals surface area contributed by atoms with E-state index in [0.717, 1.165) is 11.3 Å². The van der Waals surface area contributed by atoms with Crippen LogP contribution in [0.1, 0.15) is 11.4 Å².